The molecule has 0 unspecified atom stereocenters. The Hall–Kier alpha value is -4.38. The molecule has 0 fully saturated rings. The molecule has 0 spiro atoms. The van der Waals surface area contributed by atoms with Gasteiger partial charge in [-0.25, -0.2) is 4.79 Å². The Balaban J connectivity index is 1.89. The number of hydrogen-bond acceptors (Lipinski definition) is 8. The summed E-state index contributed by atoms with van der Waals surface area (Å²) < 4.78 is 11.0. The number of nitro benzene ring substituents is 2. The van der Waals surface area contributed by atoms with Crippen molar-refractivity contribution in [1.82, 2.24) is 0 Å². The van der Waals surface area contributed by atoms with Crippen molar-refractivity contribution < 1.29 is 29.2 Å². The Morgan fingerprint density at radius 1 is 1.06 bits per heavy atom. The minimum atomic E-state index is -1.66. The van der Waals surface area contributed by atoms with E-state index in [-0.39, 0.29) is 12.3 Å². The fraction of sp³-hybridized carbons (Fsp3) is 0.0952. The molecule has 12 heteroatoms. The van der Waals surface area contributed by atoms with E-state index in [1.54, 1.807) is 25.3 Å². The number of rotatable bonds is 9. The lowest BCUT2D eigenvalue weighted by molar-refractivity contribution is -0.393. The molecule has 0 heterocycles. The number of hydrogen-bond donors (Lipinski definition) is 2. The number of halogens is 1. The molecule has 0 atom stereocenters. The maximum absolute atomic E-state index is 11.7. The highest BCUT2D eigenvalue weighted by molar-refractivity contribution is 6.36. The molecule has 33 heavy (non-hydrogen) atoms. The second-order valence-corrected chi connectivity index (χ2v) is 6.93. The zero-order valence-electron chi connectivity index (χ0n) is 17.0. The van der Waals surface area contributed by atoms with Gasteiger partial charge in [-0.15, -0.1) is 0 Å². The van der Waals surface area contributed by atoms with E-state index in [1.165, 1.54) is 12.1 Å². The van der Waals surface area contributed by atoms with Gasteiger partial charge in [0.25, 0.3) is 5.69 Å². The number of carboxylic acid groups (broad SMARTS) is 1. The van der Waals surface area contributed by atoms with Crippen LogP contribution >= 0.6 is 11.6 Å². The first-order chi connectivity index (χ1) is 15.7. The van der Waals surface area contributed by atoms with Gasteiger partial charge in [-0.3, -0.25) is 20.2 Å². The van der Waals surface area contributed by atoms with E-state index in [9.17, 15) is 30.1 Å². The molecule has 0 amide bonds. The van der Waals surface area contributed by atoms with Crippen LogP contribution in [-0.2, 0) is 6.61 Å². The topological polar surface area (TPSA) is 154 Å². The lowest BCUT2D eigenvalue weighted by Crippen LogP contribution is -2.09. The van der Waals surface area contributed by atoms with Gasteiger partial charge in [-0.2, -0.15) is 0 Å². The summed E-state index contributed by atoms with van der Waals surface area (Å²) in [5.74, 6) is -0.522. The number of carboxylic acids is 1. The Morgan fingerprint density at radius 2 is 1.70 bits per heavy atom. The van der Waals surface area contributed by atoms with Crippen LogP contribution in [0.15, 0.2) is 54.6 Å². The van der Waals surface area contributed by atoms with Gasteiger partial charge in [0.1, 0.15) is 34.4 Å². The van der Waals surface area contributed by atoms with Gasteiger partial charge in [-0.05, 0) is 30.3 Å². The second kappa shape index (κ2) is 9.83. The minimum absolute atomic E-state index is 0.226. The molecular formula is C21H16ClN3O8. The summed E-state index contributed by atoms with van der Waals surface area (Å²) in [5.41, 5.74) is -1.86. The highest BCUT2D eigenvalue weighted by Crippen LogP contribution is 2.41. The molecule has 0 saturated carbocycles. The largest absolute Gasteiger partial charge is 0.496 e. The summed E-state index contributed by atoms with van der Waals surface area (Å²) in [6.45, 7) is 0.226. The van der Waals surface area contributed by atoms with Gasteiger partial charge in [-0.1, -0.05) is 29.8 Å². The fourth-order valence-corrected chi connectivity index (χ4v) is 3.30. The quantitative estimate of drug-likeness (QED) is 0.315. The number of nitrogens with one attached hydrogen (secondary N) is 1. The molecule has 0 aliphatic heterocycles. The molecule has 0 aromatic heterocycles. The molecule has 11 nitrogen and oxygen atoms in total. The normalized spacial score (nSPS) is 10.4. The van der Waals surface area contributed by atoms with Crippen LogP contribution in [0.1, 0.15) is 15.9 Å². The van der Waals surface area contributed by atoms with E-state index in [0.717, 1.165) is 5.56 Å². The fourth-order valence-electron chi connectivity index (χ4n) is 3.00. The molecule has 0 aliphatic carbocycles. The van der Waals surface area contributed by atoms with Crippen LogP contribution in [0.2, 0.25) is 5.02 Å². The van der Waals surface area contributed by atoms with Gasteiger partial charge in [0.15, 0.2) is 0 Å². The zero-order valence-corrected chi connectivity index (χ0v) is 17.7. The highest BCUT2D eigenvalue weighted by atomic mass is 35.5. The Labute approximate surface area is 191 Å². The van der Waals surface area contributed by atoms with E-state index in [0.29, 0.717) is 17.6 Å². The summed E-state index contributed by atoms with van der Waals surface area (Å²) in [5, 5.41) is 34.0. The Morgan fingerprint density at radius 3 is 2.27 bits per heavy atom. The van der Waals surface area contributed by atoms with Gasteiger partial charge in [0.05, 0.1) is 23.0 Å². The minimum Gasteiger partial charge on any atom is -0.496 e. The number of ether oxygens (including phenoxy) is 2. The number of para-hydroxylation sites is 1. The van der Waals surface area contributed by atoms with E-state index >= 15 is 0 Å². The van der Waals surface area contributed by atoms with E-state index < -0.39 is 43.5 Å². The third kappa shape index (κ3) is 5.10. The molecule has 3 rings (SSSR count). The van der Waals surface area contributed by atoms with Crippen LogP contribution in [0.5, 0.6) is 11.5 Å². The smallest absolute Gasteiger partial charge is 0.339 e. The Kier molecular flexibility index (Phi) is 6.94. The Bertz CT molecular complexity index is 1230. The number of methoxy groups -OCH3 is 1. The lowest BCUT2D eigenvalue weighted by Gasteiger charge is -2.13. The number of nitrogens with zero attached hydrogens (tertiary/aromatic N) is 2. The molecular weight excluding hydrogens is 458 g/mol. The zero-order chi connectivity index (χ0) is 24.1. The number of benzene rings is 3. The number of nitro groups is 2. The number of carbonyl (C=O) groups is 1. The average Bonchev–Trinajstić information content (AvgIpc) is 2.78. The van der Waals surface area contributed by atoms with Gasteiger partial charge in [0.2, 0.25) is 0 Å². The number of aromatic carboxylic acids is 1. The monoisotopic (exact) mass is 473 g/mol. The van der Waals surface area contributed by atoms with Gasteiger partial charge in [0, 0.05) is 11.3 Å². The first-order valence-corrected chi connectivity index (χ1v) is 9.61. The summed E-state index contributed by atoms with van der Waals surface area (Å²) in [6.07, 6.45) is 0. The van der Waals surface area contributed by atoms with Crippen LogP contribution < -0.4 is 14.8 Å². The summed E-state index contributed by atoms with van der Waals surface area (Å²) in [4.78, 5) is 32.4. The van der Waals surface area contributed by atoms with Crippen molar-refractivity contribution in [3.63, 3.8) is 0 Å². The van der Waals surface area contributed by atoms with Crippen molar-refractivity contribution in [2.45, 2.75) is 6.61 Å². The van der Waals surface area contributed by atoms with E-state index in [4.69, 9.17) is 21.1 Å². The van der Waals surface area contributed by atoms with Crippen LogP contribution in [0.25, 0.3) is 0 Å². The predicted molar refractivity (Wildman–Crippen MR) is 119 cm³/mol. The van der Waals surface area contributed by atoms with E-state index in [1.807, 2.05) is 18.2 Å². The molecule has 3 aromatic rings. The molecule has 0 saturated heterocycles. The maximum atomic E-state index is 11.7. The molecule has 3 aromatic carbocycles. The summed E-state index contributed by atoms with van der Waals surface area (Å²) in [6, 6.07) is 14.1. The summed E-state index contributed by atoms with van der Waals surface area (Å²) >= 11 is 5.88. The van der Waals surface area contributed by atoms with E-state index in [2.05, 4.69) is 5.32 Å². The van der Waals surface area contributed by atoms with Crippen LogP contribution in [0.4, 0.5) is 22.7 Å². The maximum Gasteiger partial charge on any atom is 0.339 e. The van der Waals surface area contributed by atoms with Crippen molar-refractivity contribution in [3.8, 4) is 11.5 Å². The van der Waals surface area contributed by atoms with Crippen molar-refractivity contribution in [3.05, 3.63) is 91.0 Å². The summed E-state index contributed by atoms with van der Waals surface area (Å²) in [7, 11) is 1.55. The van der Waals surface area contributed by atoms with Crippen LogP contribution in [0.3, 0.4) is 0 Å². The predicted octanol–water partition coefficient (Wildman–Crippen LogP) is 5.19. The first kappa shape index (κ1) is 23.3. The number of anilines is 2. The lowest BCUT2D eigenvalue weighted by atomic mass is 10.1. The molecule has 0 bridgehead atoms. The average molecular weight is 474 g/mol. The van der Waals surface area contributed by atoms with Crippen LogP contribution in [0, 0.1) is 20.2 Å². The van der Waals surface area contributed by atoms with Gasteiger partial charge >= 0.3 is 11.7 Å². The highest BCUT2D eigenvalue weighted by Gasteiger charge is 2.32. The molecule has 0 radical (unpaired) electrons. The van der Waals surface area contributed by atoms with Crippen molar-refractivity contribution in [1.29, 1.82) is 0 Å². The van der Waals surface area contributed by atoms with Gasteiger partial charge < -0.3 is 19.9 Å². The third-order valence-electron chi connectivity index (χ3n) is 4.54. The molecule has 170 valence electrons. The van der Waals surface area contributed by atoms with Crippen molar-refractivity contribution in [2.24, 2.45) is 0 Å². The van der Waals surface area contributed by atoms with Crippen molar-refractivity contribution in [2.75, 3.05) is 12.4 Å². The molecule has 2 N–H and O–H groups in total. The molecule has 0 aliphatic rings. The standard InChI is InChI=1S/C21H16ClN3O8/c1-32-17-5-3-2-4-12(17)11-33-14-8-6-13(7-9-14)23-20-16(25(30)31)10-15(24(28)29)19(22)18(20)21(26)27/h2-10,23H,11H2,1H3,(H,26,27). The first-order valence-electron chi connectivity index (χ1n) is 9.23. The van der Waals surface area contributed by atoms with Crippen LogP contribution in [-0.4, -0.2) is 28.0 Å². The third-order valence-corrected chi connectivity index (χ3v) is 4.92. The SMILES string of the molecule is COc1ccccc1COc1ccc(Nc2c([N+](=O)[O-])cc([N+](=O)[O-])c(Cl)c2C(=O)O)cc1. The van der Waals surface area contributed by atoms with Crippen molar-refractivity contribution >= 4 is 40.3 Å². The second-order valence-electron chi connectivity index (χ2n) is 6.55.